The number of hydrogen-bond donors (Lipinski definition) is 1. The Labute approximate surface area is 93.9 Å². The van der Waals surface area contributed by atoms with Crippen LogP contribution in [0, 0.1) is 0 Å². The Morgan fingerprint density at radius 1 is 1.53 bits per heavy atom. The highest BCUT2D eigenvalue weighted by molar-refractivity contribution is 6.30. The van der Waals surface area contributed by atoms with Gasteiger partial charge in [-0.05, 0) is 19.3 Å². The molecule has 0 aliphatic heterocycles. The van der Waals surface area contributed by atoms with E-state index in [1.54, 1.807) is 0 Å². The Bertz CT molecular complexity index is 355. The molecule has 15 heavy (non-hydrogen) atoms. The van der Waals surface area contributed by atoms with E-state index in [1.165, 1.54) is 25.6 Å². The van der Waals surface area contributed by atoms with Crippen LogP contribution in [0.1, 0.15) is 24.8 Å². The maximum atomic E-state index is 9.23. The lowest BCUT2D eigenvalue weighted by Crippen LogP contribution is -2.38. The van der Waals surface area contributed by atoms with Crippen LogP contribution in [-0.2, 0) is 6.61 Å². The molecule has 2 rings (SSSR count). The minimum absolute atomic E-state index is 0.119. The Balaban J connectivity index is 2.29. The molecule has 82 valence electrons. The highest BCUT2D eigenvalue weighted by atomic mass is 35.5. The summed E-state index contributed by atoms with van der Waals surface area (Å²) in [5, 5.41) is 9.57. The van der Waals surface area contributed by atoms with Crippen LogP contribution in [0.2, 0.25) is 5.15 Å². The zero-order chi connectivity index (χ0) is 10.8. The highest BCUT2D eigenvalue weighted by Gasteiger charge is 2.25. The van der Waals surface area contributed by atoms with Crippen LogP contribution in [0.5, 0.6) is 0 Å². The second kappa shape index (κ2) is 4.33. The Morgan fingerprint density at radius 3 is 2.80 bits per heavy atom. The van der Waals surface area contributed by atoms with Crippen LogP contribution in [0.25, 0.3) is 0 Å². The van der Waals surface area contributed by atoms with Crippen LogP contribution in [0.15, 0.2) is 6.33 Å². The first-order valence-electron chi connectivity index (χ1n) is 5.07. The highest BCUT2D eigenvalue weighted by Crippen LogP contribution is 2.30. The molecule has 1 aliphatic carbocycles. The van der Waals surface area contributed by atoms with E-state index < -0.39 is 0 Å². The van der Waals surface area contributed by atoms with Gasteiger partial charge in [-0.25, -0.2) is 9.97 Å². The summed E-state index contributed by atoms with van der Waals surface area (Å²) in [4.78, 5) is 10.1. The standard InChI is InChI=1S/C10H14ClN3O/c1-14(7-3-2-4-7)10-8(5-15)9(11)12-6-13-10/h6-7,15H,2-5H2,1H3. The fraction of sp³-hybridized carbons (Fsp3) is 0.600. The molecule has 4 nitrogen and oxygen atoms in total. The zero-order valence-electron chi connectivity index (χ0n) is 8.65. The van der Waals surface area contributed by atoms with Crippen molar-refractivity contribution in [1.82, 2.24) is 9.97 Å². The minimum Gasteiger partial charge on any atom is -0.391 e. The second-order valence-corrected chi connectivity index (χ2v) is 4.18. The lowest BCUT2D eigenvalue weighted by Gasteiger charge is -2.36. The predicted octanol–water partition coefficient (Wildman–Crippen LogP) is 1.61. The average molecular weight is 228 g/mol. The van der Waals surface area contributed by atoms with Gasteiger partial charge < -0.3 is 10.0 Å². The van der Waals surface area contributed by atoms with Gasteiger partial charge in [-0.2, -0.15) is 0 Å². The zero-order valence-corrected chi connectivity index (χ0v) is 9.41. The van der Waals surface area contributed by atoms with E-state index in [2.05, 4.69) is 14.9 Å². The molecular formula is C10H14ClN3O. The van der Waals surface area contributed by atoms with Crippen molar-refractivity contribution >= 4 is 17.4 Å². The molecule has 1 aromatic heterocycles. The summed E-state index contributed by atoms with van der Waals surface area (Å²) < 4.78 is 0. The van der Waals surface area contributed by atoms with Gasteiger partial charge in [-0.1, -0.05) is 11.6 Å². The molecular weight excluding hydrogens is 214 g/mol. The molecule has 0 spiro atoms. The topological polar surface area (TPSA) is 49.2 Å². The van der Waals surface area contributed by atoms with Crippen molar-refractivity contribution < 1.29 is 5.11 Å². The minimum atomic E-state index is -0.119. The van der Waals surface area contributed by atoms with Crippen molar-refractivity contribution in [3.05, 3.63) is 17.0 Å². The van der Waals surface area contributed by atoms with Gasteiger partial charge in [0.1, 0.15) is 17.3 Å². The molecule has 1 aromatic rings. The average Bonchev–Trinajstić information content (AvgIpc) is 2.14. The van der Waals surface area contributed by atoms with Gasteiger partial charge >= 0.3 is 0 Å². The monoisotopic (exact) mass is 227 g/mol. The van der Waals surface area contributed by atoms with Gasteiger partial charge in [-0.15, -0.1) is 0 Å². The van der Waals surface area contributed by atoms with Crippen molar-refractivity contribution in [2.24, 2.45) is 0 Å². The normalized spacial score (nSPS) is 16.2. The SMILES string of the molecule is CN(c1ncnc(Cl)c1CO)C1CCC1. The molecule has 1 saturated carbocycles. The number of rotatable bonds is 3. The molecule has 0 radical (unpaired) electrons. The van der Waals surface area contributed by atoms with Crippen LogP contribution < -0.4 is 4.90 Å². The fourth-order valence-corrected chi connectivity index (χ4v) is 1.96. The van der Waals surface area contributed by atoms with E-state index in [0.717, 1.165) is 5.82 Å². The fourth-order valence-electron chi connectivity index (χ4n) is 1.77. The molecule has 0 unspecified atom stereocenters. The van der Waals surface area contributed by atoms with E-state index in [0.29, 0.717) is 16.8 Å². The second-order valence-electron chi connectivity index (χ2n) is 3.82. The first kappa shape index (κ1) is 10.6. The summed E-state index contributed by atoms with van der Waals surface area (Å²) in [7, 11) is 1.99. The molecule has 1 aliphatic rings. The van der Waals surface area contributed by atoms with E-state index in [1.807, 2.05) is 7.05 Å². The number of aliphatic hydroxyl groups excluding tert-OH is 1. The predicted molar refractivity (Wildman–Crippen MR) is 59.0 cm³/mol. The lowest BCUT2D eigenvalue weighted by molar-refractivity contribution is 0.280. The van der Waals surface area contributed by atoms with Crippen molar-refractivity contribution in [2.75, 3.05) is 11.9 Å². The number of hydrogen-bond acceptors (Lipinski definition) is 4. The first-order chi connectivity index (χ1) is 7.24. The summed E-state index contributed by atoms with van der Waals surface area (Å²) in [6.07, 6.45) is 5.07. The van der Waals surface area contributed by atoms with E-state index >= 15 is 0 Å². The Hall–Kier alpha value is -0.870. The third kappa shape index (κ3) is 1.92. The van der Waals surface area contributed by atoms with Crippen molar-refractivity contribution in [3.8, 4) is 0 Å². The summed E-state index contributed by atoms with van der Waals surface area (Å²) in [6, 6.07) is 0.529. The van der Waals surface area contributed by atoms with Gasteiger partial charge in [0.15, 0.2) is 0 Å². The molecule has 1 heterocycles. The molecule has 1 N–H and O–H groups in total. The van der Waals surface area contributed by atoms with Crippen molar-refractivity contribution in [3.63, 3.8) is 0 Å². The van der Waals surface area contributed by atoms with Gasteiger partial charge in [-0.3, -0.25) is 0 Å². The van der Waals surface area contributed by atoms with Crippen molar-refractivity contribution in [1.29, 1.82) is 0 Å². The first-order valence-corrected chi connectivity index (χ1v) is 5.45. The van der Waals surface area contributed by atoms with E-state index in [4.69, 9.17) is 11.6 Å². The molecule has 5 heteroatoms. The van der Waals surface area contributed by atoms with Crippen LogP contribution in [-0.4, -0.2) is 28.2 Å². The van der Waals surface area contributed by atoms with Gasteiger partial charge in [0.05, 0.1) is 12.2 Å². The molecule has 0 saturated heterocycles. The van der Waals surface area contributed by atoms with Gasteiger partial charge in [0.25, 0.3) is 0 Å². The Morgan fingerprint density at radius 2 is 2.27 bits per heavy atom. The molecule has 0 bridgehead atoms. The van der Waals surface area contributed by atoms with Gasteiger partial charge in [0.2, 0.25) is 0 Å². The third-order valence-corrected chi connectivity index (χ3v) is 3.31. The molecule has 0 amide bonds. The number of aromatic nitrogens is 2. The smallest absolute Gasteiger partial charge is 0.140 e. The summed E-state index contributed by atoms with van der Waals surface area (Å²) in [5.74, 6) is 0.752. The van der Waals surface area contributed by atoms with Crippen LogP contribution in [0.3, 0.4) is 0 Å². The quantitative estimate of drug-likeness (QED) is 0.798. The Kier molecular flexibility index (Phi) is 3.07. The van der Waals surface area contributed by atoms with Crippen molar-refractivity contribution in [2.45, 2.75) is 31.9 Å². The maximum Gasteiger partial charge on any atom is 0.140 e. The number of anilines is 1. The number of halogens is 1. The summed E-state index contributed by atoms with van der Waals surface area (Å²) in [5.41, 5.74) is 0.619. The van der Waals surface area contributed by atoms with Gasteiger partial charge in [0, 0.05) is 13.1 Å². The molecule has 1 fully saturated rings. The summed E-state index contributed by atoms with van der Waals surface area (Å²) >= 11 is 5.90. The molecule has 0 aromatic carbocycles. The number of aliphatic hydroxyl groups is 1. The third-order valence-electron chi connectivity index (χ3n) is 2.98. The maximum absolute atomic E-state index is 9.23. The van der Waals surface area contributed by atoms with Crippen LogP contribution in [0.4, 0.5) is 5.82 Å². The largest absolute Gasteiger partial charge is 0.391 e. The summed E-state index contributed by atoms with van der Waals surface area (Å²) in [6.45, 7) is -0.119. The van der Waals surface area contributed by atoms with E-state index in [-0.39, 0.29) is 6.61 Å². The lowest BCUT2D eigenvalue weighted by atomic mass is 9.92. The van der Waals surface area contributed by atoms with Crippen LogP contribution >= 0.6 is 11.6 Å². The number of nitrogens with zero attached hydrogens (tertiary/aromatic N) is 3. The molecule has 0 atom stereocenters. The van der Waals surface area contributed by atoms with E-state index in [9.17, 15) is 5.11 Å².